The Morgan fingerprint density at radius 1 is 1.00 bits per heavy atom. The van der Waals surface area contributed by atoms with E-state index in [-0.39, 0.29) is 0 Å². The van der Waals surface area contributed by atoms with Gasteiger partial charge in [-0.05, 0) is 42.0 Å². The summed E-state index contributed by atoms with van der Waals surface area (Å²) in [6.45, 7) is 7.14. The molecule has 0 amide bonds. The second kappa shape index (κ2) is 6.09. The summed E-state index contributed by atoms with van der Waals surface area (Å²) in [6, 6.07) is 15.9. The fourth-order valence-electron chi connectivity index (χ4n) is 3.92. The van der Waals surface area contributed by atoms with E-state index >= 15 is 0 Å². The normalized spacial score (nSPS) is 26.2. The minimum Gasteiger partial charge on any atom is -0.382 e. The molecule has 21 heavy (non-hydrogen) atoms. The zero-order chi connectivity index (χ0) is 14.8. The molecule has 112 valence electrons. The molecule has 1 nitrogen and oxygen atoms in total. The molecule has 2 aromatic carbocycles. The standard InChI is InChI=1S/C20H27N/c1-14(2)17-12-11-15(3)13-20(17)21-19-10-6-8-16-7-4-5-9-18(16)19/h4-10,14-15,17,20-21H,11-13H2,1-3H3. The molecule has 1 aliphatic carbocycles. The van der Waals surface area contributed by atoms with E-state index in [1.54, 1.807) is 0 Å². The Morgan fingerprint density at radius 2 is 1.76 bits per heavy atom. The molecule has 0 radical (unpaired) electrons. The lowest BCUT2D eigenvalue weighted by Crippen LogP contribution is -2.37. The van der Waals surface area contributed by atoms with Crippen LogP contribution in [0.1, 0.15) is 40.0 Å². The molecule has 1 saturated carbocycles. The summed E-state index contributed by atoms with van der Waals surface area (Å²) >= 11 is 0. The number of anilines is 1. The van der Waals surface area contributed by atoms with Crippen LogP contribution in [-0.4, -0.2) is 6.04 Å². The van der Waals surface area contributed by atoms with Gasteiger partial charge in [0.05, 0.1) is 0 Å². The van der Waals surface area contributed by atoms with Gasteiger partial charge in [0.15, 0.2) is 0 Å². The van der Waals surface area contributed by atoms with E-state index in [2.05, 4.69) is 68.6 Å². The van der Waals surface area contributed by atoms with Gasteiger partial charge in [0.1, 0.15) is 0 Å². The molecule has 1 heteroatoms. The van der Waals surface area contributed by atoms with Crippen LogP contribution in [-0.2, 0) is 0 Å². The number of rotatable bonds is 3. The highest BCUT2D eigenvalue weighted by atomic mass is 14.9. The average molecular weight is 281 g/mol. The molecule has 1 aliphatic rings. The fourth-order valence-corrected chi connectivity index (χ4v) is 3.92. The molecule has 0 saturated heterocycles. The first-order valence-corrected chi connectivity index (χ1v) is 8.39. The zero-order valence-corrected chi connectivity index (χ0v) is 13.5. The van der Waals surface area contributed by atoms with Crippen molar-refractivity contribution in [2.75, 3.05) is 5.32 Å². The number of hydrogen-bond acceptors (Lipinski definition) is 1. The topological polar surface area (TPSA) is 12.0 Å². The number of hydrogen-bond donors (Lipinski definition) is 1. The second-order valence-electron chi connectivity index (χ2n) is 7.10. The van der Waals surface area contributed by atoms with Crippen molar-refractivity contribution in [3.8, 4) is 0 Å². The van der Waals surface area contributed by atoms with Crippen LogP contribution in [0, 0.1) is 17.8 Å². The molecule has 1 fully saturated rings. The van der Waals surface area contributed by atoms with Crippen molar-refractivity contribution in [2.45, 2.75) is 46.1 Å². The largest absolute Gasteiger partial charge is 0.382 e. The first-order chi connectivity index (χ1) is 10.1. The van der Waals surface area contributed by atoms with Crippen LogP contribution in [0.15, 0.2) is 42.5 Å². The van der Waals surface area contributed by atoms with E-state index in [9.17, 15) is 0 Å². The van der Waals surface area contributed by atoms with Gasteiger partial charge >= 0.3 is 0 Å². The van der Waals surface area contributed by atoms with Gasteiger partial charge in [0.2, 0.25) is 0 Å². The van der Waals surface area contributed by atoms with Gasteiger partial charge in [0, 0.05) is 17.1 Å². The third-order valence-corrected chi connectivity index (χ3v) is 5.15. The summed E-state index contributed by atoms with van der Waals surface area (Å²) in [5.74, 6) is 2.39. The van der Waals surface area contributed by atoms with Gasteiger partial charge in [-0.1, -0.05) is 63.6 Å². The van der Waals surface area contributed by atoms with Crippen molar-refractivity contribution in [3.05, 3.63) is 42.5 Å². The number of fused-ring (bicyclic) bond motifs is 1. The van der Waals surface area contributed by atoms with Gasteiger partial charge in [-0.3, -0.25) is 0 Å². The number of benzene rings is 2. The first kappa shape index (κ1) is 14.4. The van der Waals surface area contributed by atoms with Crippen LogP contribution in [0.25, 0.3) is 10.8 Å². The monoisotopic (exact) mass is 281 g/mol. The van der Waals surface area contributed by atoms with Crippen LogP contribution >= 0.6 is 0 Å². The van der Waals surface area contributed by atoms with Gasteiger partial charge in [-0.15, -0.1) is 0 Å². The Balaban J connectivity index is 1.89. The summed E-state index contributed by atoms with van der Waals surface area (Å²) in [5.41, 5.74) is 1.30. The Bertz CT molecular complexity index is 596. The van der Waals surface area contributed by atoms with Crippen LogP contribution in [0.5, 0.6) is 0 Å². The van der Waals surface area contributed by atoms with Gasteiger partial charge in [-0.2, -0.15) is 0 Å². The highest BCUT2D eigenvalue weighted by molar-refractivity contribution is 5.93. The van der Waals surface area contributed by atoms with Crippen molar-refractivity contribution in [1.82, 2.24) is 0 Å². The van der Waals surface area contributed by atoms with Crippen LogP contribution in [0.4, 0.5) is 5.69 Å². The summed E-state index contributed by atoms with van der Waals surface area (Å²) < 4.78 is 0. The maximum absolute atomic E-state index is 3.89. The van der Waals surface area contributed by atoms with E-state index in [1.807, 2.05) is 0 Å². The Kier molecular flexibility index (Phi) is 4.19. The van der Waals surface area contributed by atoms with Crippen molar-refractivity contribution in [3.63, 3.8) is 0 Å². The molecule has 3 unspecified atom stereocenters. The predicted octanol–water partition coefficient (Wildman–Crippen LogP) is 5.71. The molecule has 3 rings (SSSR count). The van der Waals surface area contributed by atoms with Gasteiger partial charge in [0.25, 0.3) is 0 Å². The Labute approximate surface area is 128 Å². The number of nitrogens with one attached hydrogen (secondary N) is 1. The highest BCUT2D eigenvalue weighted by Gasteiger charge is 2.30. The molecule has 0 spiro atoms. The summed E-state index contributed by atoms with van der Waals surface area (Å²) in [5, 5.41) is 6.56. The highest BCUT2D eigenvalue weighted by Crippen LogP contribution is 2.36. The average Bonchev–Trinajstić information content (AvgIpc) is 2.47. The van der Waals surface area contributed by atoms with E-state index in [4.69, 9.17) is 0 Å². The summed E-state index contributed by atoms with van der Waals surface area (Å²) in [6.07, 6.45) is 4.05. The predicted molar refractivity (Wildman–Crippen MR) is 92.7 cm³/mol. The Hall–Kier alpha value is -1.50. The molecule has 0 bridgehead atoms. The lowest BCUT2D eigenvalue weighted by Gasteiger charge is -2.38. The Morgan fingerprint density at radius 3 is 2.57 bits per heavy atom. The molecule has 0 aromatic heterocycles. The van der Waals surface area contributed by atoms with Crippen molar-refractivity contribution < 1.29 is 0 Å². The molecule has 0 heterocycles. The van der Waals surface area contributed by atoms with Crippen LogP contribution in [0.3, 0.4) is 0 Å². The molecule has 0 aliphatic heterocycles. The molecule has 3 atom stereocenters. The summed E-state index contributed by atoms with van der Waals surface area (Å²) in [7, 11) is 0. The lowest BCUT2D eigenvalue weighted by molar-refractivity contribution is 0.212. The van der Waals surface area contributed by atoms with Crippen molar-refractivity contribution in [2.24, 2.45) is 17.8 Å². The maximum atomic E-state index is 3.89. The fraction of sp³-hybridized carbons (Fsp3) is 0.500. The van der Waals surface area contributed by atoms with E-state index in [1.165, 1.54) is 35.7 Å². The molecule has 1 N–H and O–H groups in total. The van der Waals surface area contributed by atoms with E-state index < -0.39 is 0 Å². The molecular formula is C20H27N. The third kappa shape index (κ3) is 3.07. The lowest BCUT2D eigenvalue weighted by atomic mass is 9.74. The van der Waals surface area contributed by atoms with E-state index in [0.29, 0.717) is 6.04 Å². The molecule has 2 aromatic rings. The maximum Gasteiger partial charge on any atom is 0.0422 e. The minimum atomic E-state index is 0.611. The first-order valence-electron chi connectivity index (χ1n) is 8.39. The second-order valence-corrected chi connectivity index (χ2v) is 7.10. The van der Waals surface area contributed by atoms with Crippen LogP contribution < -0.4 is 5.32 Å². The van der Waals surface area contributed by atoms with Crippen LogP contribution in [0.2, 0.25) is 0 Å². The smallest absolute Gasteiger partial charge is 0.0422 e. The quantitative estimate of drug-likeness (QED) is 0.759. The molecular weight excluding hydrogens is 254 g/mol. The zero-order valence-electron chi connectivity index (χ0n) is 13.5. The minimum absolute atomic E-state index is 0.611. The van der Waals surface area contributed by atoms with Gasteiger partial charge < -0.3 is 5.32 Å². The summed E-state index contributed by atoms with van der Waals surface area (Å²) in [4.78, 5) is 0. The SMILES string of the molecule is CC1CCC(C(C)C)C(Nc2cccc3ccccc23)C1. The van der Waals surface area contributed by atoms with Gasteiger partial charge in [-0.25, -0.2) is 0 Å². The third-order valence-electron chi connectivity index (χ3n) is 5.15. The van der Waals surface area contributed by atoms with E-state index in [0.717, 1.165) is 17.8 Å². The van der Waals surface area contributed by atoms with Crippen molar-refractivity contribution in [1.29, 1.82) is 0 Å². The van der Waals surface area contributed by atoms with Crippen molar-refractivity contribution >= 4 is 16.5 Å².